The van der Waals surface area contributed by atoms with Crippen molar-refractivity contribution in [2.24, 2.45) is 5.92 Å². The maximum absolute atomic E-state index is 11.6. The minimum Gasteiger partial charge on any atom is -0.294 e. The molecule has 0 aliphatic rings. The molecule has 0 bridgehead atoms. The molecule has 0 amide bonds. The number of allylic oxidation sites excluding steroid dienone is 1. The zero-order valence-electron chi connectivity index (χ0n) is 8.38. The van der Waals surface area contributed by atoms with Crippen molar-refractivity contribution in [3.63, 3.8) is 0 Å². The highest BCUT2D eigenvalue weighted by Crippen LogP contribution is 2.19. The van der Waals surface area contributed by atoms with Crippen LogP contribution in [0.4, 0.5) is 0 Å². The third-order valence-corrected chi connectivity index (χ3v) is 2.27. The number of hydrogen-bond acceptors (Lipinski definition) is 1. The maximum atomic E-state index is 11.6. The molecule has 0 aliphatic heterocycles. The molecule has 1 aromatic carbocycles. The van der Waals surface area contributed by atoms with E-state index in [4.69, 9.17) is 11.6 Å². The Kier molecular flexibility index (Phi) is 3.48. The lowest BCUT2D eigenvalue weighted by Crippen LogP contribution is -2.08. The molecular formula is C12H13ClO. The SMILES string of the molecule is C=C(C(=O)C(C)C)c1ccc(Cl)cc1. The largest absolute Gasteiger partial charge is 0.294 e. The fraction of sp³-hybridized carbons (Fsp3) is 0.250. The van der Waals surface area contributed by atoms with Crippen molar-refractivity contribution in [2.75, 3.05) is 0 Å². The first-order valence-electron chi connectivity index (χ1n) is 4.51. The highest BCUT2D eigenvalue weighted by Gasteiger charge is 2.12. The summed E-state index contributed by atoms with van der Waals surface area (Å²) in [6.45, 7) is 7.51. The number of Topliss-reactive ketones (excluding diaryl/α,β-unsaturated/α-hetero) is 1. The first kappa shape index (κ1) is 11.0. The second-order valence-electron chi connectivity index (χ2n) is 3.50. The Hall–Kier alpha value is -1.08. The summed E-state index contributed by atoms with van der Waals surface area (Å²) in [6.07, 6.45) is 0. The van der Waals surface area contributed by atoms with Gasteiger partial charge in [0.15, 0.2) is 5.78 Å². The molecule has 0 aliphatic carbocycles. The summed E-state index contributed by atoms with van der Waals surface area (Å²) in [4.78, 5) is 11.6. The number of ketones is 1. The van der Waals surface area contributed by atoms with Gasteiger partial charge in [-0.25, -0.2) is 0 Å². The van der Waals surface area contributed by atoms with Gasteiger partial charge in [-0.3, -0.25) is 4.79 Å². The van der Waals surface area contributed by atoms with E-state index < -0.39 is 0 Å². The van der Waals surface area contributed by atoms with Gasteiger partial charge in [-0.2, -0.15) is 0 Å². The van der Waals surface area contributed by atoms with Crippen molar-refractivity contribution in [2.45, 2.75) is 13.8 Å². The van der Waals surface area contributed by atoms with Crippen LogP contribution in [0.5, 0.6) is 0 Å². The lowest BCUT2D eigenvalue weighted by molar-refractivity contribution is -0.116. The van der Waals surface area contributed by atoms with E-state index in [-0.39, 0.29) is 11.7 Å². The van der Waals surface area contributed by atoms with Gasteiger partial charge in [0.2, 0.25) is 0 Å². The normalized spacial score (nSPS) is 10.3. The van der Waals surface area contributed by atoms with E-state index in [1.54, 1.807) is 12.1 Å². The first-order chi connectivity index (χ1) is 6.52. The number of rotatable bonds is 3. The van der Waals surface area contributed by atoms with Crippen LogP contribution in [0.1, 0.15) is 19.4 Å². The molecular weight excluding hydrogens is 196 g/mol. The topological polar surface area (TPSA) is 17.1 Å². The van der Waals surface area contributed by atoms with Crippen LogP contribution >= 0.6 is 11.6 Å². The van der Waals surface area contributed by atoms with Crippen molar-refractivity contribution >= 4 is 23.0 Å². The summed E-state index contributed by atoms with van der Waals surface area (Å²) in [5.41, 5.74) is 1.39. The third-order valence-electron chi connectivity index (χ3n) is 2.01. The van der Waals surface area contributed by atoms with Gasteiger partial charge in [0.05, 0.1) is 0 Å². The lowest BCUT2D eigenvalue weighted by Gasteiger charge is -2.07. The molecule has 0 atom stereocenters. The Morgan fingerprint density at radius 2 is 1.79 bits per heavy atom. The molecule has 1 nitrogen and oxygen atoms in total. The fourth-order valence-corrected chi connectivity index (χ4v) is 1.27. The molecule has 0 radical (unpaired) electrons. The highest BCUT2D eigenvalue weighted by atomic mass is 35.5. The van der Waals surface area contributed by atoms with Crippen molar-refractivity contribution in [1.82, 2.24) is 0 Å². The average Bonchev–Trinajstić information content (AvgIpc) is 2.16. The molecule has 0 heterocycles. The highest BCUT2D eigenvalue weighted by molar-refractivity contribution is 6.30. The number of benzene rings is 1. The zero-order chi connectivity index (χ0) is 10.7. The summed E-state index contributed by atoms with van der Waals surface area (Å²) in [5, 5.41) is 0.665. The Balaban J connectivity index is 2.90. The van der Waals surface area contributed by atoms with Crippen LogP contribution in [-0.4, -0.2) is 5.78 Å². The van der Waals surface area contributed by atoms with Crippen LogP contribution in [0.25, 0.3) is 5.57 Å². The molecule has 1 aromatic rings. The Bertz CT molecular complexity index is 349. The van der Waals surface area contributed by atoms with Gasteiger partial charge in [0.1, 0.15) is 0 Å². The van der Waals surface area contributed by atoms with Crippen LogP contribution < -0.4 is 0 Å². The molecule has 0 aromatic heterocycles. The first-order valence-corrected chi connectivity index (χ1v) is 4.89. The number of carbonyl (C=O) groups excluding carboxylic acids is 1. The third kappa shape index (κ3) is 2.46. The standard InChI is InChI=1S/C12H13ClO/c1-8(2)12(14)9(3)10-4-6-11(13)7-5-10/h4-8H,3H2,1-2H3. The van der Waals surface area contributed by atoms with Crippen molar-refractivity contribution < 1.29 is 4.79 Å². The predicted molar refractivity (Wildman–Crippen MR) is 60.3 cm³/mol. The zero-order valence-corrected chi connectivity index (χ0v) is 9.14. The smallest absolute Gasteiger partial charge is 0.165 e. The molecule has 74 valence electrons. The van der Waals surface area contributed by atoms with Gasteiger partial charge in [-0.1, -0.05) is 44.2 Å². The van der Waals surface area contributed by atoms with E-state index in [0.717, 1.165) is 5.56 Å². The van der Waals surface area contributed by atoms with E-state index in [9.17, 15) is 4.79 Å². The van der Waals surface area contributed by atoms with Gasteiger partial charge in [-0.05, 0) is 17.7 Å². The van der Waals surface area contributed by atoms with Crippen molar-refractivity contribution in [1.29, 1.82) is 0 Å². The molecule has 0 N–H and O–H groups in total. The van der Waals surface area contributed by atoms with E-state index in [1.807, 2.05) is 26.0 Å². The monoisotopic (exact) mass is 208 g/mol. The number of hydrogen-bond donors (Lipinski definition) is 0. The summed E-state index contributed by atoms with van der Waals surface area (Å²) < 4.78 is 0. The molecule has 0 unspecified atom stereocenters. The second-order valence-corrected chi connectivity index (χ2v) is 3.94. The Labute approximate surface area is 89.4 Å². The Morgan fingerprint density at radius 3 is 2.21 bits per heavy atom. The quantitative estimate of drug-likeness (QED) is 0.694. The molecule has 0 saturated heterocycles. The minimum absolute atomic E-state index is 0.0156. The van der Waals surface area contributed by atoms with Gasteiger partial charge < -0.3 is 0 Å². The number of carbonyl (C=O) groups is 1. The van der Waals surface area contributed by atoms with Crippen LogP contribution in [0.15, 0.2) is 30.8 Å². The van der Waals surface area contributed by atoms with Gasteiger partial charge >= 0.3 is 0 Å². The van der Waals surface area contributed by atoms with E-state index in [2.05, 4.69) is 6.58 Å². The van der Waals surface area contributed by atoms with E-state index >= 15 is 0 Å². The molecule has 0 fully saturated rings. The van der Waals surface area contributed by atoms with Gasteiger partial charge in [-0.15, -0.1) is 0 Å². The Morgan fingerprint density at radius 1 is 1.29 bits per heavy atom. The van der Waals surface area contributed by atoms with Gasteiger partial charge in [0, 0.05) is 16.5 Å². The summed E-state index contributed by atoms with van der Waals surface area (Å²) >= 11 is 5.74. The van der Waals surface area contributed by atoms with Crippen LogP contribution in [0.2, 0.25) is 5.02 Å². The summed E-state index contributed by atoms with van der Waals surface area (Å²) in [5.74, 6) is 0.0606. The number of halogens is 1. The average molecular weight is 209 g/mol. The van der Waals surface area contributed by atoms with E-state index in [0.29, 0.717) is 10.6 Å². The fourth-order valence-electron chi connectivity index (χ4n) is 1.14. The maximum Gasteiger partial charge on any atom is 0.165 e. The summed E-state index contributed by atoms with van der Waals surface area (Å²) in [7, 11) is 0. The molecule has 14 heavy (non-hydrogen) atoms. The lowest BCUT2D eigenvalue weighted by atomic mass is 9.96. The molecule has 2 heteroatoms. The van der Waals surface area contributed by atoms with Gasteiger partial charge in [0.25, 0.3) is 0 Å². The minimum atomic E-state index is -0.0156. The van der Waals surface area contributed by atoms with Crippen molar-refractivity contribution in [3.8, 4) is 0 Å². The predicted octanol–water partition coefficient (Wildman–Crippen LogP) is 3.58. The van der Waals surface area contributed by atoms with Crippen molar-refractivity contribution in [3.05, 3.63) is 41.4 Å². The second kappa shape index (κ2) is 4.43. The van der Waals surface area contributed by atoms with E-state index in [1.165, 1.54) is 0 Å². The summed E-state index contributed by atoms with van der Waals surface area (Å²) in [6, 6.07) is 7.14. The van der Waals surface area contributed by atoms with Crippen LogP contribution in [-0.2, 0) is 4.79 Å². The van der Waals surface area contributed by atoms with Crippen LogP contribution in [0, 0.1) is 5.92 Å². The molecule has 1 rings (SSSR count). The molecule has 0 saturated carbocycles. The molecule has 0 spiro atoms. The van der Waals surface area contributed by atoms with Crippen LogP contribution in [0.3, 0.4) is 0 Å².